The van der Waals surface area contributed by atoms with E-state index in [-0.39, 0.29) is 10.8 Å². The standard InChI is InChI=1S/C9H12N2O4S2/c12-9(13)7-6-11(4-3-10-7)17(14,15)8-2-1-5-16-8/h1-2,5,7,10H,3-4,6H2,(H,12,13)/t7-/m0/s1. The number of sulfonamides is 1. The van der Waals surface area contributed by atoms with Gasteiger partial charge in [0.1, 0.15) is 10.3 Å². The van der Waals surface area contributed by atoms with Crippen LogP contribution >= 0.6 is 11.3 Å². The zero-order valence-corrected chi connectivity index (χ0v) is 10.5. The smallest absolute Gasteiger partial charge is 0.322 e. The van der Waals surface area contributed by atoms with E-state index >= 15 is 0 Å². The van der Waals surface area contributed by atoms with Gasteiger partial charge in [0, 0.05) is 19.6 Å². The minimum Gasteiger partial charge on any atom is -0.480 e. The van der Waals surface area contributed by atoms with Crippen molar-refractivity contribution in [2.24, 2.45) is 0 Å². The summed E-state index contributed by atoms with van der Waals surface area (Å²) in [7, 11) is -3.54. The van der Waals surface area contributed by atoms with Crippen LogP contribution in [0.3, 0.4) is 0 Å². The van der Waals surface area contributed by atoms with Crippen molar-refractivity contribution in [1.29, 1.82) is 0 Å². The molecule has 0 radical (unpaired) electrons. The fourth-order valence-electron chi connectivity index (χ4n) is 1.64. The van der Waals surface area contributed by atoms with E-state index in [0.29, 0.717) is 13.1 Å². The van der Waals surface area contributed by atoms with Gasteiger partial charge >= 0.3 is 5.97 Å². The van der Waals surface area contributed by atoms with Gasteiger partial charge in [0.15, 0.2) is 0 Å². The molecular formula is C9H12N2O4S2. The van der Waals surface area contributed by atoms with Crippen molar-refractivity contribution in [1.82, 2.24) is 9.62 Å². The number of nitrogens with zero attached hydrogens (tertiary/aromatic N) is 1. The quantitative estimate of drug-likeness (QED) is 0.798. The first-order chi connectivity index (χ1) is 8.01. The number of hydrogen-bond acceptors (Lipinski definition) is 5. The largest absolute Gasteiger partial charge is 0.480 e. The number of nitrogens with one attached hydrogen (secondary N) is 1. The Hall–Kier alpha value is -0.960. The number of carbonyl (C=O) groups is 1. The molecule has 1 fully saturated rings. The maximum absolute atomic E-state index is 12.1. The van der Waals surface area contributed by atoms with Crippen LogP contribution in [0.25, 0.3) is 0 Å². The Kier molecular flexibility index (Phi) is 3.48. The summed E-state index contributed by atoms with van der Waals surface area (Å²) in [6.45, 7) is 0.612. The van der Waals surface area contributed by atoms with E-state index in [1.54, 1.807) is 11.4 Å². The van der Waals surface area contributed by atoms with Crippen molar-refractivity contribution in [3.05, 3.63) is 17.5 Å². The third-order valence-electron chi connectivity index (χ3n) is 2.53. The molecule has 17 heavy (non-hydrogen) atoms. The molecule has 94 valence electrons. The summed E-state index contributed by atoms with van der Waals surface area (Å²) in [6, 6.07) is 2.35. The number of carboxylic acid groups (broad SMARTS) is 1. The van der Waals surface area contributed by atoms with E-state index in [2.05, 4.69) is 5.32 Å². The van der Waals surface area contributed by atoms with Crippen LogP contribution in [0, 0.1) is 0 Å². The SMILES string of the molecule is O=C(O)[C@@H]1CN(S(=O)(=O)c2cccs2)CCN1. The number of rotatable bonds is 3. The lowest BCUT2D eigenvalue weighted by Gasteiger charge is -2.30. The van der Waals surface area contributed by atoms with Crippen molar-refractivity contribution in [3.63, 3.8) is 0 Å². The molecule has 6 nitrogen and oxygen atoms in total. The monoisotopic (exact) mass is 276 g/mol. The van der Waals surface area contributed by atoms with Gasteiger partial charge in [0.2, 0.25) is 0 Å². The highest BCUT2D eigenvalue weighted by Gasteiger charge is 2.33. The van der Waals surface area contributed by atoms with Gasteiger partial charge in [0.25, 0.3) is 10.0 Å². The molecule has 2 N–H and O–H groups in total. The van der Waals surface area contributed by atoms with Gasteiger partial charge in [-0.1, -0.05) is 6.07 Å². The lowest BCUT2D eigenvalue weighted by molar-refractivity contribution is -0.140. The highest BCUT2D eigenvalue weighted by molar-refractivity contribution is 7.91. The van der Waals surface area contributed by atoms with Gasteiger partial charge in [-0.15, -0.1) is 11.3 Å². The molecule has 0 spiro atoms. The first-order valence-electron chi connectivity index (χ1n) is 5.01. The second kappa shape index (κ2) is 4.73. The van der Waals surface area contributed by atoms with Crippen LogP contribution in [0.5, 0.6) is 0 Å². The van der Waals surface area contributed by atoms with E-state index in [9.17, 15) is 13.2 Å². The summed E-state index contributed by atoms with van der Waals surface area (Å²) in [4.78, 5) is 10.8. The molecule has 1 aliphatic rings. The summed E-state index contributed by atoms with van der Waals surface area (Å²) in [5.74, 6) is -1.03. The molecule has 0 aliphatic carbocycles. The Bertz CT molecular complexity index is 497. The van der Waals surface area contributed by atoms with Crippen LogP contribution in [0.1, 0.15) is 0 Å². The molecule has 1 aromatic heterocycles. The third kappa shape index (κ3) is 2.49. The van der Waals surface area contributed by atoms with E-state index in [1.165, 1.54) is 10.4 Å². The van der Waals surface area contributed by atoms with Crippen molar-refractivity contribution in [2.45, 2.75) is 10.3 Å². The van der Waals surface area contributed by atoms with Crippen LogP contribution in [0.15, 0.2) is 21.7 Å². The number of hydrogen-bond donors (Lipinski definition) is 2. The normalized spacial score (nSPS) is 22.5. The highest BCUT2D eigenvalue weighted by Crippen LogP contribution is 2.21. The van der Waals surface area contributed by atoms with Gasteiger partial charge < -0.3 is 10.4 Å². The molecule has 2 rings (SSSR count). The average molecular weight is 276 g/mol. The molecule has 0 unspecified atom stereocenters. The lowest BCUT2D eigenvalue weighted by atomic mass is 10.2. The van der Waals surface area contributed by atoms with Crippen LogP contribution in [-0.2, 0) is 14.8 Å². The van der Waals surface area contributed by atoms with Crippen molar-refractivity contribution in [2.75, 3.05) is 19.6 Å². The topological polar surface area (TPSA) is 86.7 Å². The van der Waals surface area contributed by atoms with E-state index in [4.69, 9.17) is 5.11 Å². The van der Waals surface area contributed by atoms with Crippen LogP contribution in [0.4, 0.5) is 0 Å². The minimum atomic E-state index is -3.54. The van der Waals surface area contributed by atoms with Gasteiger partial charge in [-0.25, -0.2) is 8.42 Å². The zero-order chi connectivity index (χ0) is 12.5. The average Bonchev–Trinajstić information content (AvgIpc) is 2.83. The third-order valence-corrected chi connectivity index (χ3v) is 5.76. The zero-order valence-electron chi connectivity index (χ0n) is 8.87. The van der Waals surface area contributed by atoms with E-state index in [0.717, 1.165) is 11.3 Å². The number of thiophene rings is 1. The number of aliphatic carboxylic acids is 1. The fourth-order valence-corrected chi connectivity index (χ4v) is 4.24. The summed E-state index contributed by atoms with van der Waals surface area (Å²) >= 11 is 1.14. The van der Waals surface area contributed by atoms with Crippen molar-refractivity contribution >= 4 is 27.3 Å². The minimum absolute atomic E-state index is 0.0322. The van der Waals surface area contributed by atoms with Crippen LogP contribution < -0.4 is 5.32 Å². The lowest BCUT2D eigenvalue weighted by Crippen LogP contribution is -2.55. The Morgan fingerprint density at radius 3 is 2.94 bits per heavy atom. The molecule has 0 bridgehead atoms. The van der Waals surface area contributed by atoms with Gasteiger partial charge in [-0.05, 0) is 11.4 Å². The molecule has 1 atom stereocenters. The summed E-state index contributed by atoms with van der Waals surface area (Å²) in [5, 5.41) is 13.3. The van der Waals surface area contributed by atoms with E-state index < -0.39 is 22.0 Å². The first kappa shape index (κ1) is 12.5. The molecule has 0 aromatic carbocycles. The summed E-state index contributed by atoms with van der Waals surface area (Å²) < 4.78 is 25.7. The Morgan fingerprint density at radius 1 is 1.59 bits per heavy atom. The van der Waals surface area contributed by atoms with Crippen molar-refractivity contribution < 1.29 is 18.3 Å². The highest BCUT2D eigenvalue weighted by atomic mass is 32.2. The second-order valence-corrected chi connectivity index (χ2v) is 6.75. The molecule has 0 amide bonds. The van der Waals surface area contributed by atoms with Crippen molar-refractivity contribution in [3.8, 4) is 0 Å². The summed E-state index contributed by atoms with van der Waals surface area (Å²) in [6.07, 6.45) is 0. The Labute approximate surface area is 103 Å². The molecule has 0 saturated carbocycles. The molecule has 1 aliphatic heterocycles. The van der Waals surface area contributed by atoms with Crippen LogP contribution in [0.2, 0.25) is 0 Å². The molecule has 8 heteroatoms. The molecular weight excluding hydrogens is 264 g/mol. The first-order valence-corrected chi connectivity index (χ1v) is 7.33. The number of piperazine rings is 1. The Morgan fingerprint density at radius 2 is 2.35 bits per heavy atom. The molecule has 1 aromatic rings. The predicted molar refractivity (Wildman–Crippen MR) is 62.5 cm³/mol. The summed E-state index contributed by atoms with van der Waals surface area (Å²) in [5.41, 5.74) is 0. The maximum Gasteiger partial charge on any atom is 0.322 e. The van der Waals surface area contributed by atoms with Gasteiger partial charge in [-0.2, -0.15) is 4.31 Å². The van der Waals surface area contributed by atoms with Gasteiger partial charge in [0.05, 0.1) is 0 Å². The van der Waals surface area contributed by atoms with Crippen LogP contribution in [-0.4, -0.2) is 49.5 Å². The maximum atomic E-state index is 12.1. The van der Waals surface area contributed by atoms with Gasteiger partial charge in [-0.3, -0.25) is 4.79 Å². The second-order valence-electron chi connectivity index (χ2n) is 3.64. The Balaban J connectivity index is 2.20. The molecule has 1 saturated heterocycles. The van der Waals surface area contributed by atoms with E-state index in [1.807, 2.05) is 0 Å². The molecule has 2 heterocycles. The number of carboxylic acids is 1. The fraction of sp³-hybridized carbons (Fsp3) is 0.444. The predicted octanol–water partition coefficient (Wildman–Crippen LogP) is -0.205.